The average Bonchev–Trinajstić information content (AvgIpc) is 3.12. The number of amides is 1. The normalized spacial score (nSPS) is 11.5. The van der Waals surface area contributed by atoms with Crippen molar-refractivity contribution in [3.8, 4) is 11.5 Å². The van der Waals surface area contributed by atoms with Gasteiger partial charge in [-0.05, 0) is 32.0 Å². The molecule has 3 aromatic rings. The molecule has 1 heterocycles. The number of ether oxygens (including phenoxy) is 3. The van der Waals surface area contributed by atoms with Gasteiger partial charge in [0.1, 0.15) is 12.4 Å². The van der Waals surface area contributed by atoms with Gasteiger partial charge in [0, 0.05) is 19.7 Å². The summed E-state index contributed by atoms with van der Waals surface area (Å²) in [5, 5.41) is 3.91. The molecule has 1 unspecified atom stereocenters. The van der Waals surface area contributed by atoms with E-state index >= 15 is 0 Å². The van der Waals surface area contributed by atoms with Crippen molar-refractivity contribution in [3.05, 3.63) is 76.7 Å². The Hall–Kier alpha value is -3.81. The first kappa shape index (κ1) is 22.9. The van der Waals surface area contributed by atoms with E-state index in [1.54, 1.807) is 50.5 Å². The minimum atomic E-state index is -1.06. The highest BCUT2D eigenvalue weighted by molar-refractivity contribution is 5.93. The summed E-state index contributed by atoms with van der Waals surface area (Å²) < 4.78 is 22.0. The van der Waals surface area contributed by atoms with Crippen molar-refractivity contribution < 1.29 is 28.3 Å². The van der Waals surface area contributed by atoms with E-state index in [0.717, 1.165) is 11.3 Å². The highest BCUT2D eigenvalue weighted by Gasteiger charge is 2.27. The Kier molecular flexibility index (Phi) is 7.14. The summed E-state index contributed by atoms with van der Waals surface area (Å²) in [6.45, 7) is 3.89. The Balaban J connectivity index is 1.79. The molecular weight excluding hydrogens is 412 g/mol. The third-order valence-corrected chi connectivity index (χ3v) is 4.94. The summed E-state index contributed by atoms with van der Waals surface area (Å²) in [4.78, 5) is 26.9. The van der Waals surface area contributed by atoms with Crippen molar-refractivity contribution in [2.24, 2.45) is 0 Å². The molecule has 0 spiro atoms. The molecule has 1 amide bonds. The number of carbonyl (C=O) groups is 2. The molecule has 0 aliphatic heterocycles. The minimum absolute atomic E-state index is 0.235. The quantitative estimate of drug-likeness (QED) is 0.493. The van der Waals surface area contributed by atoms with Gasteiger partial charge in [0.15, 0.2) is 11.5 Å². The molecule has 0 saturated heterocycles. The molecule has 0 aliphatic carbocycles. The molecule has 2 aromatic carbocycles. The number of methoxy groups -OCH3 is 1. The van der Waals surface area contributed by atoms with Crippen LogP contribution in [0.4, 0.5) is 0 Å². The van der Waals surface area contributed by atoms with Crippen LogP contribution in [0.5, 0.6) is 11.5 Å². The van der Waals surface area contributed by atoms with Gasteiger partial charge in [-0.1, -0.05) is 35.5 Å². The SMILES string of the molecule is COc1cc(C(=O)OC(C(=O)N(C)C)c2ccccc2)ccc1OCc1c(C)noc1C. The number of aryl methyl sites for hydroxylation is 2. The van der Waals surface area contributed by atoms with Gasteiger partial charge in [-0.15, -0.1) is 0 Å². The van der Waals surface area contributed by atoms with Crippen molar-refractivity contribution in [2.45, 2.75) is 26.6 Å². The van der Waals surface area contributed by atoms with Gasteiger partial charge in [-0.25, -0.2) is 4.79 Å². The Morgan fingerprint density at radius 2 is 1.78 bits per heavy atom. The molecule has 1 atom stereocenters. The predicted octanol–water partition coefficient (Wildman–Crippen LogP) is 3.87. The van der Waals surface area contributed by atoms with Crippen LogP contribution < -0.4 is 9.47 Å². The number of benzene rings is 2. The molecule has 0 radical (unpaired) electrons. The summed E-state index contributed by atoms with van der Waals surface area (Å²) >= 11 is 0. The number of hydrogen-bond acceptors (Lipinski definition) is 7. The summed E-state index contributed by atoms with van der Waals surface area (Å²) in [7, 11) is 4.70. The number of likely N-dealkylation sites (N-methyl/N-ethyl adjacent to an activating group) is 1. The Morgan fingerprint density at radius 1 is 1.06 bits per heavy atom. The predicted molar refractivity (Wildman–Crippen MR) is 117 cm³/mol. The molecule has 0 N–H and O–H groups in total. The fourth-order valence-electron chi connectivity index (χ4n) is 3.07. The standard InChI is InChI=1S/C24H26N2O6/c1-15-19(16(2)32-25-15)14-30-20-12-11-18(13-21(20)29-5)24(28)31-22(23(27)26(3)4)17-9-7-6-8-10-17/h6-13,22H,14H2,1-5H3. The lowest BCUT2D eigenvalue weighted by molar-refractivity contribution is -0.138. The van der Waals surface area contributed by atoms with Gasteiger partial charge in [-0.3, -0.25) is 4.79 Å². The summed E-state index contributed by atoms with van der Waals surface area (Å²) in [5.41, 5.74) is 2.42. The number of aromatic nitrogens is 1. The van der Waals surface area contributed by atoms with Gasteiger partial charge in [0.2, 0.25) is 6.10 Å². The second-order valence-electron chi connectivity index (χ2n) is 7.39. The zero-order valence-electron chi connectivity index (χ0n) is 18.7. The first-order chi connectivity index (χ1) is 15.3. The largest absolute Gasteiger partial charge is 0.493 e. The van der Waals surface area contributed by atoms with E-state index < -0.39 is 12.1 Å². The molecule has 32 heavy (non-hydrogen) atoms. The molecule has 8 heteroatoms. The number of hydrogen-bond donors (Lipinski definition) is 0. The fourth-order valence-corrected chi connectivity index (χ4v) is 3.07. The van der Waals surface area contributed by atoms with Gasteiger partial charge >= 0.3 is 5.97 Å². The Bertz CT molecular complexity index is 1070. The molecule has 3 rings (SSSR count). The van der Waals surface area contributed by atoms with Crippen LogP contribution in [0.15, 0.2) is 53.1 Å². The zero-order valence-corrected chi connectivity index (χ0v) is 18.7. The van der Waals surface area contributed by atoms with Gasteiger partial charge in [0.05, 0.1) is 23.9 Å². The van der Waals surface area contributed by atoms with E-state index in [-0.39, 0.29) is 18.1 Å². The van der Waals surface area contributed by atoms with E-state index in [2.05, 4.69) is 5.16 Å². The minimum Gasteiger partial charge on any atom is -0.493 e. The number of nitrogens with zero attached hydrogens (tertiary/aromatic N) is 2. The zero-order chi connectivity index (χ0) is 23.3. The number of rotatable bonds is 8. The van der Waals surface area contributed by atoms with Crippen LogP contribution in [-0.2, 0) is 16.1 Å². The lowest BCUT2D eigenvalue weighted by Gasteiger charge is -2.21. The lowest BCUT2D eigenvalue weighted by Crippen LogP contribution is -2.31. The number of esters is 1. The topological polar surface area (TPSA) is 91.1 Å². The smallest absolute Gasteiger partial charge is 0.339 e. The van der Waals surface area contributed by atoms with Gasteiger partial charge in [-0.2, -0.15) is 0 Å². The highest BCUT2D eigenvalue weighted by atomic mass is 16.5. The van der Waals surface area contributed by atoms with E-state index in [4.69, 9.17) is 18.7 Å². The summed E-state index contributed by atoms with van der Waals surface area (Å²) in [5.74, 6) is 0.508. The molecule has 0 fully saturated rings. The molecular formula is C24H26N2O6. The third-order valence-electron chi connectivity index (χ3n) is 4.94. The molecule has 8 nitrogen and oxygen atoms in total. The van der Waals surface area contributed by atoms with Crippen LogP contribution in [0.2, 0.25) is 0 Å². The molecule has 168 valence electrons. The van der Waals surface area contributed by atoms with E-state index in [9.17, 15) is 9.59 Å². The highest BCUT2D eigenvalue weighted by Crippen LogP contribution is 2.31. The number of carbonyl (C=O) groups excluding carboxylic acids is 2. The summed E-state index contributed by atoms with van der Waals surface area (Å²) in [6.07, 6.45) is -1.06. The summed E-state index contributed by atoms with van der Waals surface area (Å²) in [6, 6.07) is 13.6. The van der Waals surface area contributed by atoms with Crippen LogP contribution in [0.25, 0.3) is 0 Å². The van der Waals surface area contributed by atoms with Crippen LogP contribution in [0.1, 0.15) is 39.0 Å². The average molecular weight is 438 g/mol. The van der Waals surface area contributed by atoms with Crippen molar-refractivity contribution in [1.29, 1.82) is 0 Å². The monoisotopic (exact) mass is 438 g/mol. The van der Waals surface area contributed by atoms with Crippen molar-refractivity contribution in [3.63, 3.8) is 0 Å². The first-order valence-electron chi connectivity index (χ1n) is 10.0. The van der Waals surface area contributed by atoms with Crippen molar-refractivity contribution in [1.82, 2.24) is 10.1 Å². The van der Waals surface area contributed by atoms with Gasteiger partial charge < -0.3 is 23.6 Å². The maximum absolute atomic E-state index is 12.9. The Morgan fingerprint density at radius 3 is 2.38 bits per heavy atom. The molecule has 0 saturated carbocycles. The van der Waals surface area contributed by atoms with Crippen LogP contribution in [0, 0.1) is 13.8 Å². The van der Waals surface area contributed by atoms with Crippen molar-refractivity contribution in [2.75, 3.05) is 21.2 Å². The first-order valence-corrected chi connectivity index (χ1v) is 10.0. The molecule has 1 aromatic heterocycles. The van der Waals surface area contributed by atoms with E-state index in [1.807, 2.05) is 19.9 Å². The van der Waals surface area contributed by atoms with E-state index in [1.165, 1.54) is 18.1 Å². The van der Waals surface area contributed by atoms with Crippen molar-refractivity contribution >= 4 is 11.9 Å². The maximum atomic E-state index is 12.9. The second kappa shape index (κ2) is 10.00. The fraction of sp³-hybridized carbons (Fsp3) is 0.292. The lowest BCUT2D eigenvalue weighted by atomic mass is 10.1. The molecule has 0 aliphatic rings. The maximum Gasteiger partial charge on any atom is 0.339 e. The van der Waals surface area contributed by atoms with Gasteiger partial charge in [0.25, 0.3) is 5.91 Å². The molecule has 0 bridgehead atoms. The Labute approximate surface area is 186 Å². The van der Waals surface area contributed by atoms with Crippen LogP contribution in [0.3, 0.4) is 0 Å². The van der Waals surface area contributed by atoms with Crippen LogP contribution >= 0.6 is 0 Å². The van der Waals surface area contributed by atoms with E-state index in [0.29, 0.717) is 22.8 Å². The van der Waals surface area contributed by atoms with Crippen LogP contribution in [-0.4, -0.2) is 43.1 Å². The second-order valence-corrected chi connectivity index (χ2v) is 7.39. The third kappa shape index (κ3) is 5.08.